The quantitative estimate of drug-likeness (QED) is 0.431. The highest BCUT2D eigenvalue weighted by molar-refractivity contribution is 14.1. The highest BCUT2D eigenvalue weighted by Crippen LogP contribution is 2.20. The van der Waals surface area contributed by atoms with E-state index in [1.54, 1.807) is 24.3 Å². The predicted molar refractivity (Wildman–Crippen MR) is 106 cm³/mol. The fourth-order valence-electron chi connectivity index (χ4n) is 2.97. The summed E-state index contributed by atoms with van der Waals surface area (Å²) < 4.78 is 2.31. The predicted octanol–water partition coefficient (Wildman–Crippen LogP) is 4.11. The van der Waals surface area contributed by atoms with Gasteiger partial charge in [-0.25, -0.2) is 4.57 Å². The Morgan fingerprint density at radius 1 is 0.583 bits per heavy atom. The van der Waals surface area contributed by atoms with Gasteiger partial charge in [-0.05, 0) is 69.8 Å². The Balaban J connectivity index is 2.32. The molecule has 3 aromatic carbocycles. The normalized spacial score (nSPS) is 11.0. The second-order valence-electron chi connectivity index (χ2n) is 5.51. The van der Waals surface area contributed by atoms with Gasteiger partial charge in [-0.15, -0.1) is 0 Å². The van der Waals surface area contributed by atoms with Crippen molar-refractivity contribution in [1.82, 2.24) is 4.57 Å². The van der Waals surface area contributed by atoms with Gasteiger partial charge in [0.05, 0.1) is 5.69 Å². The topological polar surface area (TPSA) is 39.1 Å². The van der Waals surface area contributed by atoms with Gasteiger partial charge in [0.15, 0.2) is 0 Å². The van der Waals surface area contributed by atoms with E-state index in [1.165, 1.54) is 4.57 Å². The van der Waals surface area contributed by atoms with Crippen molar-refractivity contribution in [2.45, 2.75) is 0 Å². The second-order valence-corrected chi connectivity index (χ2v) is 6.76. The number of rotatable bonds is 1. The van der Waals surface area contributed by atoms with Crippen LogP contribution < -0.4 is 11.1 Å². The Morgan fingerprint density at radius 3 is 1.46 bits per heavy atom. The zero-order chi connectivity index (χ0) is 16.7. The molecule has 116 valence electrons. The van der Waals surface area contributed by atoms with Crippen LogP contribution in [0.25, 0.3) is 27.2 Å². The molecule has 0 aliphatic carbocycles. The van der Waals surface area contributed by atoms with E-state index in [0.717, 1.165) is 14.3 Å². The highest BCUT2D eigenvalue weighted by Gasteiger charge is 2.11. The van der Waals surface area contributed by atoms with Crippen molar-refractivity contribution in [2.75, 3.05) is 0 Å². The van der Waals surface area contributed by atoms with Crippen molar-refractivity contribution < 1.29 is 0 Å². The van der Waals surface area contributed by atoms with Crippen LogP contribution in [0.2, 0.25) is 0 Å². The van der Waals surface area contributed by atoms with Crippen molar-refractivity contribution in [2.24, 2.45) is 0 Å². The number of hydrogen-bond donors (Lipinski definition) is 0. The van der Waals surface area contributed by atoms with E-state index in [0.29, 0.717) is 16.5 Å². The van der Waals surface area contributed by atoms with Crippen LogP contribution in [0.5, 0.6) is 0 Å². The lowest BCUT2D eigenvalue weighted by Crippen LogP contribution is -2.28. The first-order valence-corrected chi connectivity index (χ1v) is 8.57. The molecule has 4 aromatic rings. The monoisotopic (exact) mass is 425 g/mol. The molecular formula is C20H12INO2. The summed E-state index contributed by atoms with van der Waals surface area (Å²) in [6.07, 6.45) is 0. The summed E-state index contributed by atoms with van der Waals surface area (Å²) >= 11 is 2.20. The molecule has 24 heavy (non-hydrogen) atoms. The number of hydrogen-bond acceptors (Lipinski definition) is 2. The molecule has 0 saturated carbocycles. The Labute approximate surface area is 151 Å². The fraction of sp³-hybridized carbons (Fsp3) is 0. The number of aromatic nitrogens is 1. The minimum atomic E-state index is -0.298. The molecule has 0 spiro atoms. The van der Waals surface area contributed by atoms with Crippen LogP contribution in [-0.4, -0.2) is 4.57 Å². The molecule has 0 radical (unpaired) electrons. The zero-order valence-corrected chi connectivity index (χ0v) is 14.7. The van der Waals surface area contributed by atoms with Crippen LogP contribution >= 0.6 is 22.6 Å². The molecule has 0 bridgehead atoms. The summed E-state index contributed by atoms with van der Waals surface area (Å²) in [6.45, 7) is 0. The standard InChI is InChI=1S/C20H12INO2/c21-13-9-11-14(12-10-13)22-19(23)17-7-3-1-5-15(17)16-6-2-4-8-18(16)20(22)24/h1-12H. The van der Waals surface area contributed by atoms with Gasteiger partial charge in [0.25, 0.3) is 11.1 Å². The van der Waals surface area contributed by atoms with E-state index in [2.05, 4.69) is 22.6 Å². The molecule has 0 amide bonds. The van der Waals surface area contributed by atoms with Crippen molar-refractivity contribution in [3.63, 3.8) is 0 Å². The Kier molecular flexibility index (Phi) is 3.69. The third-order valence-corrected chi connectivity index (χ3v) is 4.82. The SMILES string of the molecule is O=c1c2ccccc2c2ccccc2c(=O)n1-c1ccc(I)cc1. The lowest BCUT2D eigenvalue weighted by atomic mass is 10.1. The highest BCUT2D eigenvalue weighted by atomic mass is 127. The molecule has 1 heterocycles. The molecular weight excluding hydrogens is 413 g/mol. The molecule has 0 atom stereocenters. The van der Waals surface area contributed by atoms with Crippen LogP contribution in [0.15, 0.2) is 82.4 Å². The van der Waals surface area contributed by atoms with E-state index in [9.17, 15) is 9.59 Å². The summed E-state index contributed by atoms with van der Waals surface area (Å²) in [7, 11) is 0. The first-order valence-electron chi connectivity index (χ1n) is 7.49. The Bertz CT molecular complexity index is 1120. The van der Waals surface area contributed by atoms with E-state index in [1.807, 2.05) is 48.5 Å². The van der Waals surface area contributed by atoms with Crippen molar-refractivity contribution >= 4 is 44.1 Å². The summed E-state index contributed by atoms with van der Waals surface area (Å²) in [5, 5.41) is 2.66. The molecule has 0 fully saturated rings. The molecule has 0 aliphatic rings. The van der Waals surface area contributed by atoms with Crippen LogP contribution in [0.3, 0.4) is 0 Å². The second kappa shape index (κ2) is 5.87. The molecule has 4 heteroatoms. The summed E-state index contributed by atoms with van der Waals surface area (Å²) in [5.74, 6) is 0. The first kappa shape index (κ1) is 15.1. The molecule has 1 aromatic heterocycles. The Hall–Kier alpha value is -2.47. The van der Waals surface area contributed by atoms with Crippen molar-refractivity contribution in [3.8, 4) is 5.69 Å². The van der Waals surface area contributed by atoms with Gasteiger partial charge in [0.2, 0.25) is 0 Å². The maximum Gasteiger partial charge on any atom is 0.265 e. The molecule has 0 saturated heterocycles. The smallest absolute Gasteiger partial charge is 0.265 e. The number of fused-ring (bicyclic) bond motifs is 3. The molecule has 3 nitrogen and oxygen atoms in total. The summed E-state index contributed by atoms with van der Waals surface area (Å²) in [6, 6.07) is 22.1. The van der Waals surface area contributed by atoms with Crippen LogP contribution in [0.4, 0.5) is 0 Å². The number of nitrogens with zero attached hydrogens (tertiary/aromatic N) is 1. The number of halogens is 1. The average molecular weight is 425 g/mol. The van der Waals surface area contributed by atoms with Gasteiger partial charge < -0.3 is 0 Å². The van der Waals surface area contributed by atoms with Crippen molar-refractivity contribution in [3.05, 3.63) is 97.1 Å². The van der Waals surface area contributed by atoms with Crippen LogP contribution in [0.1, 0.15) is 0 Å². The summed E-state index contributed by atoms with van der Waals surface area (Å²) in [5.41, 5.74) is -0.0158. The third-order valence-electron chi connectivity index (χ3n) is 4.10. The Morgan fingerprint density at radius 2 is 1.00 bits per heavy atom. The maximum atomic E-state index is 13.1. The van der Waals surface area contributed by atoms with E-state index in [4.69, 9.17) is 0 Å². The van der Waals surface area contributed by atoms with E-state index in [-0.39, 0.29) is 11.1 Å². The van der Waals surface area contributed by atoms with Gasteiger partial charge in [0.1, 0.15) is 0 Å². The lowest BCUT2D eigenvalue weighted by Gasteiger charge is -2.02. The van der Waals surface area contributed by atoms with E-state index >= 15 is 0 Å². The average Bonchev–Trinajstić information content (AvgIpc) is 2.71. The minimum Gasteiger partial charge on any atom is -0.268 e. The summed E-state index contributed by atoms with van der Waals surface area (Å²) in [4.78, 5) is 26.2. The van der Waals surface area contributed by atoms with Crippen LogP contribution in [0, 0.1) is 3.57 Å². The van der Waals surface area contributed by atoms with Gasteiger partial charge >= 0.3 is 0 Å². The minimum absolute atomic E-state index is 0.298. The van der Waals surface area contributed by atoms with Gasteiger partial charge in [-0.3, -0.25) is 9.59 Å². The largest absolute Gasteiger partial charge is 0.268 e. The maximum absolute atomic E-state index is 13.1. The third kappa shape index (κ3) is 2.34. The van der Waals surface area contributed by atoms with Gasteiger partial charge in [-0.2, -0.15) is 0 Å². The molecule has 0 N–H and O–H groups in total. The van der Waals surface area contributed by atoms with Crippen molar-refractivity contribution in [1.29, 1.82) is 0 Å². The fourth-order valence-corrected chi connectivity index (χ4v) is 3.33. The first-order chi connectivity index (χ1) is 11.7. The molecule has 4 rings (SSSR count). The van der Waals surface area contributed by atoms with Crippen LogP contribution in [-0.2, 0) is 0 Å². The van der Waals surface area contributed by atoms with Gasteiger partial charge in [-0.1, -0.05) is 36.4 Å². The number of benzene rings is 3. The van der Waals surface area contributed by atoms with E-state index < -0.39 is 0 Å². The van der Waals surface area contributed by atoms with Gasteiger partial charge in [0, 0.05) is 14.3 Å². The molecule has 0 unspecified atom stereocenters. The molecule has 0 aliphatic heterocycles. The lowest BCUT2D eigenvalue weighted by molar-refractivity contribution is 0.975. The zero-order valence-electron chi connectivity index (χ0n) is 12.6.